The van der Waals surface area contributed by atoms with E-state index in [4.69, 9.17) is 9.47 Å². The zero-order valence-electron chi connectivity index (χ0n) is 15.0. The molecule has 0 saturated heterocycles. The first-order chi connectivity index (χ1) is 12.0. The van der Waals surface area contributed by atoms with E-state index in [2.05, 4.69) is 25.6 Å². The molecule has 1 fully saturated rings. The van der Waals surface area contributed by atoms with Crippen molar-refractivity contribution >= 4 is 5.97 Å². The Morgan fingerprint density at radius 1 is 1.08 bits per heavy atom. The lowest BCUT2D eigenvalue weighted by atomic mass is 9.61. The third-order valence-corrected chi connectivity index (χ3v) is 5.34. The van der Waals surface area contributed by atoms with Crippen molar-refractivity contribution < 1.29 is 14.3 Å². The molecule has 1 aliphatic rings. The van der Waals surface area contributed by atoms with E-state index in [1.165, 1.54) is 23.8 Å². The van der Waals surface area contributed by atoms with Gasteiger partial charge in [-0.1, -0.05) is 43.3 Å². The molecule has 25 heavy (non-hydrogen) atoms. The number of ether oxygens (including phenoxy) is 2. The lowest BCUT2D eigenvalue weighted by molar-refractivity contribution is 0.0600. The van der Waals surface area contributed by atoms with Crippen molar-refractivity contribution in [3.8, 4) is 5.75 Å². The highest BCUT2D eigenvalue weighted by atomic mass is 16.5. The highest BCUT2D eigenvalue weighted by Gasteiger charge is 2.39. The molecule has 3 unspecified atom stereocenters. The molecular formula is C22H24O3. The summed E-state index contributed by atoms with van der Waals surface area (Å²) in [5.41, 5.74) is 4.37. The third kappa shape index (κ3) is 3.32. The summed E-state index contributed by atoms with van der Waals surface area (Å²) < 4.78 is 10.0. The van der Waals surface area contributed by atoms with Crippen LogP contribution in [-0.2, 0) is 4.74 Å². The number of allylic oxidation sites excluding steroid dienone is 1. The predicted molar refractivity (Wildman–Crippen MR) is 99.2 cm³/mol. The minimum Gasteiger partial charge on any atom is -0.497 e. The van der Waals surface area contributed by atoms with Gasteiger partial charge in [-0.25, -0.2) is 4.79 Å². The fourth-order valence-corrected chi connectivity index (χ4v) is 3.74. The summed E-state index contributed by atoms with van der Waals surface area (Å²) in [7, 11) is 3.08. The van der Waals surface area contributed by atoms with Gasteiger partial charge >= 0.3 is 5.97 Å². The van der Waals surface area contributed by atoms with Crippen molar-refractivity contribution in [2.45, 2.75) is 25.2 Å². The Morgan fingerprint density at radius 3 is 2.24 bits per heavy atom. The summed E-state index contributed by atoms with van der Waals surface area (Å²) in [6.07, 6.45) is 1.04. The van der Waals surface area contributed by atoms with E-state index in [1.807, 2.05) is 36.4 Å². The van der Waals surface area contributed by atoms with Gasteiger partial charge in [0.2, 0.25) is 0 Å². The molecule has 0 N–H and O–H groups in total. The van der Waals surface area contributed by atoms with E-state index in [9.17, 15) is 4.79 Å². The molecule has 0 bridgehead atoms. The van der Waals surface area contributed by atoms with E-state index < -0.39 is 0 Å². The van der Waals surface area contributed by atoms with E-state index in [0.29, 0.717) is 23.3 Å². The van der Waals surface area contributed by atoms with E-state index in [-0.39, 0.29) is 5.97 Å². The average Bonchev–Trinajstić information content (AvgIpc) is 2.65. The zero-order chi connectivity index (χ0) is 18.0. The van der Waals surface area contributed by atoms with Crippen molar-refractivity contribution in [1.29, 1.82) is 0 Å². The van der Waals surface area contributed by atoms with Gasteiger partial charge < -0.3 is 9.47 Å². The number of carbonyl (C=O) groups is 1. The van der Waals surface area contributed by atoms with Gasteiger partial charge in [-0.2, -0.15) is 0 Å². The van der Waals surface area contributed by atoms with Gasteiger partial charge in [0.25, 0.3) is 0 Å². The van der Waals surface area contributed by atoms with Crippen LogP contribution in [0.5, 0.6) is 5.75 Å². The lowest BCUT2D eigenvalue weighted by Gasteiger charge is -2.43. The highest BCUT2D eigenvalue weighted by Crippen LogP contribution is 2.52. The molecule has 0 amide bonds. The second kappa shape index (κ2) is 7.14. The first-order valence-electron chi connectivity index (χ1n) is 8.55. The van der Waals surface area contributed by atoms with Crippen molar-refractivity contribution in [3.63, 3.8) is 0 Å². The molecule has 3 nitrogen and oxygen atoms in total. The molecule has 0 aromatic heterocycles. The molecule has 2 aromatic rings. The van der Waals surface area contributed by atoms with Gasteiger partial charge in [0.05, 0.1) is 19.8 Å². The maximum absolute atomic E-state index is 11.6. The van der Waals surface area contributed by atoms with Gasteiger partial charge in [-0.3, -0.25) is 0 Å². The van der Waals surface area contributed by atoms with E-state index in [1.54, 1.807) is 7.11 Å². The summed E-state index contributed by atoms with van der Waals surface area (Å²) in [5.74, 6) is 1.86. The quantitative estimate of drug-likeness (QED) is 0.573. The molecule has 1 saturated carbocycles. The van der Waals surface area contributed by atoms with Crippen molar-refractivity contribution in [2.75, 3.05) is 14.2 Å². The Bertz CT molecular complexity index is 759. The van der Waals surface area contributed by atoms with Crippen LogP contribution in [0.2, 0.25) is 0 Å². The summed E-state index contributed by atoms with van der Waals surface area (Å²) in [5, 5.41) is 0. The Balaban J connectivity index is 1.78. The molecule has 0 heterocycles. The van der Waals surface area contributed by atoms with Crippen molar-refractivity contribution in [1.82, 2.24) is 0 Å². The first-order valence-corrected chi connectivity index (χ1v) is 8.55. The number of carbonyl (C=O) groups excluding carboxylic acids is 1. The molecule has 0 spiro atoms. The Hall–Kier alpha value is -2.55. The molecular weight excluding hydrogens is 312 g/mol. The molecule has 0 radical (unpaired) electrons. The first kappa shape index (κ1) is 17.3. The SMILES string of the molecule is C=C1CC(C(C)c2ccc(OC)cc2)C1c1ccc(C(=O)OC)cc1. The molecule has 3 heteroatoms. The monoisotopic (exact) mass is 336 g/mol. The van der Waals surface area contributed by atoms with Gasteiger partial charge in [-0.05, 0) is 53.6 Å². The summed E-state index contributed by atoms with van der Waals surface area (Å²) in [6.45, 7) is 6.51. The Labute approximate surface area is 149 Å². The predicted octanol–water partition coefficient (Wildman–Crippen LogP) is 4.95. The van der Waals surface area contributed by atoms with Crippen LogP contribution >= 0.6 is 0 Å². The van der Waals surface area contributed by atoms with E-state index in [0.717, 1.165) is 12.2 Å². The highest BCUT2D eigenvalue weighted by molar-refractivity contribution is 5.89. The number of rotatable bonds is 5. The maximum atomic E-state index is 11.6. The van der Waals surface area contributed by atoms with Crippen LogP contribution in [0.1, 0.15) is 46.7 Å². The standard InChI is InChI=1S/C22H24O3/c1-14-13-20(15(2)16-9-11-19(24-3)12-10-16)21(14)17-5-7-18(8-6-17)22(23)25-4/h5-12,15,20-21H,1,13H2,2-4H3. The van der Waals surface area contributed by atoms with Crippen molar-refractivity contribution in [3.05, 3.63) is 77.4 Å². The van der Waals surface area contributed by atoms with Gasteiger partial charge in [0.15, 0.2) is 0 Å². The lowest BCUT2D eigenvalue weighted by Crippen LogP contribution is -2.30. The molecule has 3 rings (SSSR count). The minimum atomic E-state index is -0.304. The second-order valence-electron chi connectivity index (χ2n) is 6.68. The molecule has 130 valence electrons. The summed E-state index contributed by atoms with van der Waals surface area (Å²) in [6, 6.07) is 16.0. The van der Waals surface area contributed by atoms with E-state index >= 15 is 0 Å². The smallest absolute Gasteiger partial charge is 0.337 e. The van der Waals surface area contributed by atoms with Crippen LogP contribution < -0.4 is 4.74 Å². The van der Waals surface area contributed by atoms with Crippen LogP contribution in [0.3, 0.4) is 0 Å². The summed E-state index contributed by atoms with van der Waals surface area (Å²) >= 11 is 0. The number of esters is 1. The van der Waals surface area contributed by atoms with Gasteiger partial charge in [0.1, 0.15) is 5.75 Å². The molecule has 3 atom stereocenters. The van der Waals surface area contributed by atoms with Crippen LogP contribution in [0.4, 0.5) is 0 Å². The number of hydrogen-bond donors (Lipinski definition) is 0. The Kier molecular flexibility index (Phi) is 4.93. The topological polar surface area (TPSA) is 35.5 Å². The number of methoxy groups -OCH3 is 2. The average molecular weight is 336 g/mol. The van der Waals surface area contributed by atoms with Crippen LogP contribution in [0, 0.1) is 5.92 Å². The fraction of sp³-hybridized carbons (Fsp3) is 0.318. The minimum absolute atomic E-state index is 0.304. The second-order valence-corrected chi connectivity index (χ2v) is 6.68. The van der Waals surface area contributed by atoms with Crippen molar-refractivity contribution in [2.24, 2.45) is 5.92 Å². The largest absolute Gasteiger partial charge is 0.497 e. The zero-order valence-corrected chi connectivity index (χ0v) is 15.0. The molecule has 2 aromatic carbocycles. The number of hydrogen-bond acceptors (Lipinski definition) is 3. The normalized spacial score (nSPS) is 20.5. The number of benzene rings is 2. The molecule has 1 aliphatic carbocycles. The Morgan fingerprint density at radius 2 is 1.72 bits per heavy atom. The summed E-state index contributed by atoms with van der Waals surface area (Å²) in [4.78, 5) is 11.6. The maximum Gasteiger partial charge on any atom is 0.337 e. The fourth-order valence-electron chi connectivity index (χ4n) is 3.74. The van der Waals surface area contributed by atoms with Crippen LogP contribution in [0.25, 0.3) is 0 Å². The van der Waals surface area contributed by atoms with Gasteiger partial charge in [0, 0.05) is 5.92 Å². The van der Waals surface area contributed by atoms with Crippen LogP contribution in [-0.4, -0.2) is 20.2 Å². The third-order valence-electron chi connectivity index (χ3n) is 5.34. The van der Waals surface area contributed by atoms with Crippen LogP contribution in [0.15, 0.2) is 60.7 Å². The van der Waals surface area contributed by atoms with Gasteiger partial charge in [-0.15, -0.1) is 0 Å². The molecule has 0 aliphatic heterocycles.